The molecule has 0 radical (unpaired) electrons. The van der Waals surface area contributed by atoms with E-state index in [4.69, 9.17) is 16.6 Å². The predicted molar refractivity (Wildman–Crippen MR) is 142 cm³/mol. The normalized spacial score (nSPS) is 21.1. The van der Waals surface area contributed by atoms with Crippen LogP contribution in [0.1, 0.15) is 53.8 Å². The van der Waals surface area contributed by atoms with Crippen molar-refractivity contribution in [2.24, 2.45) is 13.0 Å². The first-order chi connectivity index (χ1) is 16.6. The van der Waals surface area contributed by atoms with Crippen LogP contribution in [0.2, 0.25) is 5.15 Å². The first-order valence-electron chi connectivity index (χ1n) is 11.6. The van der Waals surface area contributed by atoms with Crippen LogP contribution >= 0.6 is 23.5 Å². The van der Waals surface area contributed by atoms with Crippen molar-refractivity contribution >= 4 is 52.0 Å². The van der Waals surface area contributed by atoms with Gasteiger partial charge in [-0.15, -0.1) is 0 Å². The molecule has 0 saturated heterocycles. The molecule has 1 aromatic carbocycles. The van der Waals surface area contributed by atoms with Crippen LogP contribution in [-0.4, -0.2) is 39.3 Å². The van der Waals surface area contributed by atoms with Gasteiger partial charge in [0, 0.05) is 31.5 Å². The highest BCUT2D eigenvalue weighted by Gasteiger charge is 2.59. The van der Waals surface area contributed by atoms with Crippen molar-refractivity contribution in [3.63, 3.8) is 0 Å². The summed E-state index contributed by atoms with van der Waals surface area (Å²) in [5.41, 5.74) is 3.37. The van der Waals surface area contributed by atoms with E-state index in [1.165, 1.54) is 31.2 Å². The molecule has 3 saturated carbocycles. The summed E-state index contributed by atoms with van der Waals surface area (Å²) in [5.74, 6) is 1.17. The Labute approximate surface area is 213 Å². The standard InChI is InChI=1S/C25H29ClN6O2S/c1-13-8-16(14(2)27-18-6-7-19(26)28-21(18)22(33)30-35-5)20-17(9-13)23(34)31(3)24(29-20)32(4)25-10-15(11-25)12-25/h6-9,14-15,27H,10-12H2,1-5H3,(H,30,33). The Bertz CT molecular complexity index is 1390. The van der Waals surface area contributed by atoms with Crippen molar-refractivity contribution in [3.05, 3.63) is 56.6 Å². The third-order valence-corrected chi connectivity index (χ3v) is 8.06. The van der Waals surface area contributed by atoms with E-state index < -0.39 is 0 Å². The third-order valence-electron chi connectivity index (χ3n) is 7.46. The lowest BCUT2D eigenvalue weighted by Crippen LogP contribution is -2.68. The highest BCUT2D eigenvalue weighted by molar-refractivity contribution is 7.97. The Morgan fingerprint density at radius 2 is 2.00 bits per heavy atom. The van der Waals surface area contributed by atoms with E-state index in [0.717, 1.165) is 17.0 Å². The largest absolute Gasteiger partial charge is 0.377 e. The molecule has 3 aliphatic carbocycles. The zero-order chi connectivity index (χ0) is 25.1. The zero-order valence-corrected chi connectivity index (χ0v) is 22.0. The fourth-order valence-corrected chi connectivity index (χ4v) is 5.83. The Morgan fingerprint density at radius 3 is 2.63 bits per heavy atom. The highest BCUT2D eigenvalue weighted by Crippen LogP contribution is 2.60. The molecule has 1 amide bonds. The number of halogens is 1. The summed E-state index contributed by atoms with van der Waals surface area (Å²) in [6.45, 7) is 3.96. The Balaban J connectivity index is 1.58. The van der Waals surface area contributed by atoms with Gasteiger partial charge in [0.05, 0.1) is 22.6 Å². The molecular weight excluding hydrogens is 484 g/mol. The van der Waals surface area contributed by atoms with Crippen LogP contribution in [-0.2, 0) is 7.05 Å². The molecule has 2 N–H and O–H groups in total. The fourth-order valence-electron chi connectivity index (χ4n) is 5.40. The van der Waals surface area contributed by atoms with Crippen LogP contribution in [0.15, 0.2) is 29.1 Å². The lowest BCUT2D eigenvalue weighted by molar-refractivity contribution is -0.0223. The van der Waals surface area contributed by atoms with Crippen molar-refractivity contribution in [3.8, 4) is 0 Å². The van der Waals surface area contributed by atoms with Gasteiger partial charge >= 0.3 is 0 Å². The highest BCUT2D eigenvalue weighted by atomic mass is 35.5. The molecule has 0 spiro atoms. The first-order valence-corrected chi connectivity index (χ1v) is 13.3. The molecule has 2 aromatic heterocycles. The zero-order valence-electron chi connectivity index (χ0n) is 20.5. The second-order valence-electron chi connectivity index (χ2n) is 9.82. The smallest absolute Gasteiger partial charge is 0.281 e. The van der Waals surface area contributed by atoms with Crippen LogP contribution in [0.5, 0.6) is 0 Å². The predicted octanol–water partition coefficient (Wildman–Crippen LogP) is 4.46. The number of carbonyl (C=O) groups is 1. The van der Waals surface area contributed by atoms with Crippen molar-refractivity contribution in [2.75, 3.05) is 23.5 Å². The van der Waals surface area contributed by atoms with Gasteiger partial charge in [-0.3, -0.25) is 18.9 Å². The Hall–Kier alpha value is -2.78. The average Bonchev–Trinajstić information content (AvgIpc) is 2.75. The number of carbonyl (C=O) groups excluding carboxylic acids is 1. The van der Waals surface area contributed by atoms with Gasteiger partial charge in [0.25, 0.3) is 11.5 Å². The number of rotatable bonds is 7. The van der Waals surface area contributed by atoms with Crippen molar-refractivity contribution in [1.82, 2.24) is 19.3 Å². The molecule has 3 aromatic rings. The van der Waals surface area contributed by atoms with Gasteiger partial charge in [-0.05, 0) is 62.8 Å². The fraction of sp³-hybridized carbons (Fsp3) is 0.440. The van der Waals surface area contributed by atoms with Crippen molar-refractivity contribution in [1.29, 1.82) is 0 Å². The van der Waals surface area contributed by atoms with E-state index in [1.807, 2.05) is 26.0 Å². The number of fused-ring (bicyclic) bond motifs is 1. The van der Waals surface area contributed by atoms with Gasteiger partial charge in [-0.2, -0.15) is 0 Å². The Morgan fingerprint density at radius 1 is 1.29 bits per heavy atom. The molecule has 6 rings (SSSR count). The monoisotopic (exact) mass is 512 g/mol. The van der Waals surface area contributed by atoms with Gasteiger partial charge in [-0.25, -0.2) is 9.97 Å². The maximum Gasteiger partial charge on any atom is 0.281 e. The number of hydrogen-bond acceptors (Lipinski definition) is 7. The SMILES string of the molecule is CSNC(=O)c1nc(Cl)ccc1NC(C)c1cc(C)cc2c(=O)n(C)c(N(C)C34CC(C3)C4)nc12. The molecule has 0 aliphatic heterocycles. The van der Waals surface area contributed by atoms with E-state index >= 15 is 0 Å². The minimum atomic E-state index is -0.335. The summed E-state index contributed by atoms with van der Waals surface area (Å²) in [6, 6.07) is 7.07. The molecule has 3 aliphatic rings. The maximum absolute atomic E-state index is 13.4. The second kappa shape index (κ2) is 8.71. The summed E-state index contributed by atoms with van der Waals surface area (Å²) in [7, 11) is 3.85. The van der Waals surface area contributed by atoms with Crippen LogP contribution in [0.3, 0.4) is 0 Å². The molecule has 1 atom stereocenters. The topological polar surface area (TPSA) is 92.2 Å². The van der Waals surface area contributed by atoms with E-state index in [1.54, 1.807) is 30.0 Å². The van der Waals surface area contributed by atoms with Crippen molar-refractivity contribution < 1.29 is 4.79 Å². The van der Waals surface area contributed by atoms with Crippen LogP contribution in [0, 0.1) is 12.8 Å². The number of amides is 1. The lowest BCUT2D eigenvalue weighted by Gasteiger charge is -2.65. The van der Waals surface area contributed by atoms with Gasteiger partial charge in [-0.1, -0.05) is 29.6 Å². The maximum atomic E-state index is 13.4. The average molecular weight is 513 g/mol. The van der Waals surface area contributed by atoms with Crippen LogP contribution in [0.4, 0.5) is 11.6 Å². The number of anilines is 2. The number of benzene rings is 1. The Kier molecular flexibility index (Phi) is 5.96. The molecular formula is C25H29ClN6O2S. The number of nitrogens with zero attached hydrogens (tertiary/aromatic N) is 4. The number of hydrogen-bond donors (Lipinski definition) is 2. The quantitative estimate of drug-likeness (QED) is 0.356. The van der Waals surface area contributed by atoms with Gasteiger partial charge in [0.15, 0.2) is 5.69 Å². The van der Waals surface area contributed by atoms with E-state index in [-0.39, 0.29) is 33.9 Å². The molecule has 1 unspecified atom stereocenters. The van der Waals surface area contributed by atoms with Crippen LogP contribution in [0.25, 0.3) is 10.9 Å². The third kappa shape index (κ3) is 3.94. The van der Waals surface area contributed by atoms with Gasteiger partial charge in [0.1, 0.15) is 5.15 Å². The summed E-state index contributed by atoms with van der Waals surface area (Å²) < 4.78 is 4.36. The number of aromatic nitrogens is 3. The second-order valence-corrected chi connectivity index (χ2v) is 10.8. The molecule has 8 nitrogen and oxygen atoms in total. The molecule has 10 heteroatoms. The molecule has 2 bridgehead atoms. The number of pyridine rings is 1. The van der Waals surface area contributed by atoms with Gasteiger partial charge in [0.2, 0.25) is 5.95 Å². The minimum Gasteiger partial charge on any atom is -0.377 e. The molecule has 2 heterocycles. The van der Waals surface area contributed by atoms with E-state index in [2.05, 4.69) is 27.0 Å². The van der Waals surface area contributed by atoms with E-state index in [0.29, 0.717) is 22.5 Å². The van der Waals surface area contributed by atoms with Crippen molar-refractivity contribution in [2.45, 2.75) is 44.7 Å². The first kappa shape index (κ1) is 23.9. The van der Waals surface area contributed by atoms with Gasteiger partial charge < -0.3 is 10.2 Å². The lowest BCUT2D eigenvalue weighted by atomic mass is 9.49. The summed E-state index contributed by atoms with van der Waals surface area (Å²) in [5, 5.41) is 4.22. The van der Waals surface area contributed by atoms with Crippen LogP contribution < -0.4 is 20.5 Å². The summed E-state index contributed by atoms with van der Waals surface area (Å²) in [6.07, 6.45) is 5.27. The number of nitrogens with one attached hydrogen (secondary N) is 2. The minimum absolute atomic E-state index is 0.0613. The summed E-state index contributed by atoms with van der Waals surface area (Å²) >= 11 is 7.27. The summed E-state index contributed by atoms with van der Waals surface area (Å²) in [4.78, 5) is 37.5. The number of aryl methyl sites for hydroxylation is 1. The molecule has 35 heavy (non-hydrogen) atoms. The molecule has 184 valence electrons. The molecule has 3 fully saturated rings. The van der Waals surface area contributed by atoms with E-state index in [9.17, 15) is 9.59 Å².